The summed E-state index contributed by atoms with van der Waals surface area (Å²) in [5, 5.41) is 3.09. The molecule has 0 spiro atoms. The van der Waals surface area contributed by atoms with Gasteiger partial charge in [-0.2, -0.15) is 8.42 Å². The Kier molecular flexibility index (Phi) is 5.41. The molecule has 0 aliphatic carbocycles. The third kappa shape index (κ3) is 4.65. The summed E-state index contributed by atoms with van der Waals surface area (Å²) in [7, 11) is -0.624. The van der Waals surface area contributed by atoms with Crippen LogP contribution in [0, 0.1) is 0 Å². The summed E-state index contributed by atoms with van der Waals surface area (Å²) in [6.07, 6.45) is 1.66. The van der Waals surface area contributed by atoms with E-state index in [9.17, 15) is 13.0 Å². The maximum Gasteiger partial charge on any atom is 0.294 e. The van der Waals surface area contributed by atoms with Crippen LogP contribution in [0.25, 0.3) is 0 Å². The lowest BCUT2D eigenvalue weighted by Gasteiger charge is -2.14. The summed E-state index contributed by atoms with van der Waals surface area (Å²) in [5.41, 5.74) is 1.14. The lowest BCUT2D eigenvalue weighted by molar-refractivity contribution is 0.397. The zero-order valence-corrected chi connectivity index (χ0v) is 14.5. The van der Waals surface area contributed by atoms with Gasteiger partial charge in [-0.15, -0.1) is 11.3 Å². The molecule has 2 aromatic rings. The molecule has 2 rings (SSSR count). The van der Waals surface area contributed by atoms with Crippen molar-refractivity contribution in [3.05, 3.63) is 39.3 Å². The minimum Gasteiger partial charge on any atom is -0.380 e. The predicted octanol–water partition coefficient (Wildman–Crippen LogP) is 2.72. The summed E-state index contributed by atoms with van der Waals surface area (Å²) >= 11 is 7.10. The Morgan fingerprint density at radius 2 is 2.14 bits per heavy atom. The van der Waals surface area contributed by atoms with E-state index >= 15 is 0 Å². The van der Waals surface area contributed by atoms with Crippen molar-refractivity contribution in [2.45, 2.75) is 18.0 Å². The Bertz CT molecular complexity index is 760. The van der Waals surface area contributed by atoms with E-state index in [0.29, 0.717) is 28.8 Å². The summed E-state index contributed by atoms with van der Waals surface area (Å²) in [6.45, 7) is 0.891. The topological polar surface area (TPSA) is 82.5 Å². The molecule has 0 radical (unpaired) electrons. The number of anilines is 1. The zero-order valence-electron chi connectivity index (χ0n) is 12.1. The van der Waals surface area contributed by atoms with Crippen molar-refractivity contribution in [1.82, 2.24) is 9.88 Å². The second-order valence-electron chi connectivity index (χ2n) is 4.97. The fraction of sp³-hybridized carbons (Fsp3) is 0.308. The van der Waals surface area contributed by atoms with Crippen LogP contribution in [-0.4, -0.2) is 36.9 Å². The standard InChI is InChI=1S/C13H16ClN3O3S2/c1-17(2)8-9-3-4-10(5-12(9)22(18,19)20)15-6-11-7-16-13(14)21-11/h3-5,7,15H,6,8H2,1-2H3,(H,18,19,20). The van der Waals surface area contributed by atoms with Crippen LogP contribution >= 0.6 is 22.9 Å². The quantitative estimate of drug-likeness (QED) is 0.770. The van der Waals surface area contributed by atoms with Gasteiger partial charge in [-0.05, 0) is 31.8 Å². The molecule has 1 aromatic heterocycles. The van der Waals surface area contributed by atoms with Gasteiger partial charge in [0.15, 0.2) is 4.47 Å². The molecule has 0 saturated heterocycles. The molecule has 1 heterocycles. The van der Waals surface area contributed by atoms with Gasteiger partial charge in [-0.3, -0.25) is 4.55 Å². The summed E-state index contributed by atoms with van der Waals surface area (Å²) in [5.74, 6) is 0. The highest BCUT2D eigenvalue weighted by molar-refractivity contribution is 7.85. The molecule has 2 N–H and O–H groups in total. The van der Waals surface area contributed by atoms with Gasteiger partial charge in [0.25, 0.3) is 10.1 Å². The van der Waals surface area contributed by atoms with E-state index < -0.39 is 10.1 Å². The normalized spacial score (nSPS) is 11.9. The van der Waals surface area contributed by atoms with Crippen LogP contribution in [0.2, 0.25) is 4.47 Å². The summed E-state index contributed by atoms with van der Waals surface area (Å²) in [6, 6.07) is 4.89. The molecule has 0 unspecified atom stereocenters. The molecule has 1 aromatic carbocycles. The van der Waals surface area contributed by atoms with Crippen molar-refractivity contribution in [3.63, 3.8) is 0 Å². The predicted molar refractivity (Wildman–Crippen MR) is 88.1 cm³/mol. The van der Waals surface area contributed by atoms with Crippen LogP contribution in [0.3, 0.4) is 0 Å². The van der Waals surface area contributed by atoms with Gasteiger partial charge < -0.3 is 10.2 Å². The number of nitrogens with zero attached hydrogens (tertiary/aromatic N) is 2. The van der Waals surface area contributed by atoms with Gasteiger partial charge in [-0.25, -0.2) is 4.98 Å². The maximum absolute atomic E-state index is 11.5. The van der Waals surface area contributed by atoms with Crippen LogP contribution < -0.4 is 5.32 Å². The van der Waals surface area contributed by atoms with Gasteiger partial charge in [0.1, 0.15) is 4.90 Å². The van der Waals surface area contributed by atoms with E-state index in [1.165, 1.54) is 17.4 Å². The van der Waals surface area contributed by atoms with Crippen LogP contribution in [0.5, 0.6) is 0 Å². The average molecular weight is 362 g/mol. The van der Waals surface area contributed by atoms with Gasteiger partial charge >= 0.3 is 0 Å². The summed E-state index contributed by atoms with van der Waals surface area (Å²) in [4.78, 5) is 6.60. The number of thiazole rings is 1. The fourth-order valence-corrected chi connectivity index (χ4v) is 3.59. The van der Waals surface area contributed by atoms with Crippen molar-refractivity contribution >= 4 is 38.7 Å². The SMILES string of the molecule is CN(C)Cc1ccc(NCc2cnc(Cl)s2)cc1S(=O)(=O)O. The number of hydrogen-bond acceptors (Lipinski definition) is 6. The van der Waals surface area contributed by atoms with E-state index in [4.69, 9.17) is 11.6 Å². The second-order valence-corrected chi connectivity index (χ2v) is 8.06. The molecule has 0 atom stereocenters. The lowest BCUT2D eigenvalue weighted by Crippen LogP contribution is -2.14. The first kappa shape index (κ1) is 17.2. The highest BCUT2D eigenvalue weighted by atomic mass is 35.5. The van der Waals surface area contributed by atoms with Crippen LogP contribution in [0.15, 0.2) is 29.3 Å². The first-order valence-corrected chi connectivity index (χ1v) is 8.98. The molecule has 0 fully saturated rings. The zero-order chi connectivity index (χ0) is 16.3. The van der Waals surface area contributed by atoms with Crippen LogP contribution in [-0.2, 0) is 23.2 Å². The highest BCUT2D eigenvalue weighted by Crippen LogP contribution is 2.23. The largest absolute Gasteiger partial charge is 0.380 e. The number of rotatable bonds is 6. The number of hydrogen-bond donors (Lipinski definition) is 2. The van der Waals surface area contributed by atoms with Crippen molar-refractivity contribution in [3.8, 4) is 0 Å². The van der Waals surface area contributed by atoms with E-state index in [-0.39, 0.29) is 4.90 Å². The Morgan fingerprint density at radius 3 is 2.68 bits per heavy atom. The van der Waals surface area contributed by atoms with E-state index in [0.717, 1.165) is 4.88 Å². The number of nitrogens with one attached hydrogen (secondary N) is 1. The van der Waals surface area contributed by atoms with Crippen molar-refractivity contribution in [2.24, 2.45) is 0 Å². The first-order chi connectivity index (χ1) is 10.3. The Labute approximate surface area is 138 Å². The van der Waals surface area contributed by atoms with E-state index in [2.05, 4.69) is 10.3 Å². The van der Waals surface area contributed by atoms with E-state index in [1.807, 2.05) is 19.0 Å². The van der Waals surface area contributed by atoms with E-state index in [1.54, 1.807) is 18.3 Å². The number of benzene rings is 1. The van der Waals surface area contributed by atoms with Crippen LogP contribution in [0.4, 0.5) is 5.69 Å². The Balaban J connectivity index is 2.22. The smallest absolute Gasteiger partial charge is 0.294 e. The van der Waals surface area contributed by atoms with Crippen LogP contribution in [0.1, 0.15) is 10.4 Å². The molecule has 120 valence electrons. The Morgan fingerprint density at radius 1 is 1.41 bits per heavy atom. The molecule has 0 amide bonds. The molecule has 22 heavy (non-hydrogen) atoms. The third-order valence-corrected chi connectivity index (χ3v) is 4.87. The first-order valence-electron chi connectivity index (χ1n) is 6.35. The molecular weight excluding hydrogens is 346 g/mol. The minimum atomic E-state index is -4.28. The summed E-state index contributed by atoms with van der Waals surface area (Å²) < 4.78 is 32.9. The second kappa shape index (κ2) is 6.93. The van der Waals surface area contributed by atoms with Crippen molar-refractivity contribution < 1.29 is 13.0 Å². The number of halogens is 1. The minimum absolute atomic E-state index is 0.0893. The van der Waals surface area contributed by atoms with Crippen molar-refractivity contribution in [2.75, 3.05) is 19.4 Å². The van der Waals surface area contributed by atoms with Gasteiger partial charge in [0, 0.05) is 23.3 Å². The molecule has 6 nitrogen and oxygen atoms in total. The third-order valence-electron chi connectivity index (χ3n) is 2.82. The van der Waals surface area contributed by atoms with Crippen molar-refractivity contribution in [1.29, 1.82) is 0 Å². The van der Waals surface area contributed by atoms with Gasteiger partial charge in [-0.1, -0.05) is 17.7 Å². The number of aromatic nitrogens is 1. The lowest BCUT2D eigenvalue weighted by atomic mass is 10.2. The maximum atomic E-state index is 11.5. The molecule has 0 aliphatic rings. The molecule has 0 aliphatic heterocycles. The molecular formula is C13H16ClN3O3S2. The van der Waals surface area contributed by atoms with Gasteiger partial charge in [0.05, 0.1) is 6.54 Å². The molecule has 0 saturated carbocycles. The molecule has 9 heteroatoms. The van der Waals surface area contributed by atoms with Gasteiger partial charge in [0.2, 0.25) is 0 Å². The Hall–Kier alpha value is -1.19. The molecule has 0 bridgehead atoms. The monoisotopic (exact) mass is 361 g/mol. The fourth-order valence-electron chi connectivity index (χ4n) is 1.93. The highest BCUT2D eigenvalue weighted by Gasteiger charge is 2.16. The average Bonchev–Trinajstić information content (AvgIpc) is 2.81.